The number of aromatic amines is 1. The third-order valence-corrected chi connectivity index (χ3v) is 2.71. The Kier molecular flexibility index (Phi) is 3.26. The van der Waals surface area contributed by atoms with Crippen molar-refractivity contribution in [1.82, 2.24) is 20.2 Å². The van der Waals surface area contributed by atoms with Crippen LogP contribution in [0, 0.1) is 5.82 Å². The number of hydrogen-bond donors (Lipinski definition) is 2. The van der Waals surface area contributed by atoms with Crippen molar-refractivity contribution in [2.75, 3.05) is 5.43 Å². The molecule has 1 aromatic carbocycles. The molecule has 20 heavy (non-hydrogen) atoms. The maximum absolute atomic E-state index is 12.8. The molecule has 2 heterocycles. The number of hydrazone groups is 1. The standard InChI is InChI=1S/C12H8ClFN6/c13-12-17-10(9-6-16-20-11(9)18-12)19-15-5-7-1-3-8(14)4-2-7/h1-6H,(H2,16,17,18,19,20). The minimum absolute atomic E-state index is 0.0845. The van der Waals surface area contributed by atoms with Gasteiger partial charge in [0.25, 0.3) is 0 Å². The quantitative estimate of drug-likeness (QED) is 0.441. The fourth-order valence-corrected chi connectivity index (χ4v) is 1.78. The van der Waals surface area contributed by atoms with Crippen molar-refractivity contribution >= 4 is 34.7 Å². The number of rotatable bonds is 3. The van der Waals surface area contributed by atoms with Gasteiger partial charge in [0.15, 0.2) is 11.5 Å². The predicted octanol–water partition coefficient (Wildman–Crippen LogP) is 2.59. The molecule has 0 saturated heterocycles. The molecule has 0 fully saturated rings. The lowest BCUT2D eigenvalue weighted by Crippen LogP contribution is -1.96. The first-order valence-electron chi connectivity index (χ1n) is 5.63. The van der Waals surface area contributed by atoms with Crippen LogP contribution in [-0.2, 0) is 0 Å². The van der Waals surface area contributed by atoms with Gasteiger partial charge in [-0.2, -0.15) is 20.2 Å². The first-order valence-corrected chi connectivity index (χ1v) is 6.01. The number of nitrogens with one attached hydrogen (secondary N) is 2. The molecule has 3 aromatic rings. The molecule has 0 unspecified atom stereocenters. The average molecular weight is 291 g/mol. The van der Waals surface area contributed by atoms with Gasteiger partial charge in [-0.1, -0.05) is 12.1 Å². The smallest absolute Gasteiger partial charge is 0.226 e. The number of benzene rings is 1. The maximum Gasteiger partial charge on any atom is 0.226 e. The molecule has 0 aliphatic rings. The minimum Gasteiger partial charge on any atom is -0.261 e. The number of fused-ring (bicyclic) bond motifs is 1. The summed E-state index contributed by atoms with van der Waals surface area (Å²) in [4.78, 5) is 8.00. The van der Waals surface area contributed by atoms with Gasteiger partial charge in [0, 0.05) is 0 Å². The fourth-order valence-electron chi connectivity index (χ4n) is 1.61. The first-order chi connectivity index (χ1) is 9.72. The van der Waals surface area contributed by atoms with Crippen LogP contribution in [0.2, 0.25) is 5.28 Å². The molecule has 0 aliphatic carbocycles. The van der Waals surface area contributed by atoms with Gasteiger partial charge in [-0.15, -0.1) is 0 Å². The van der Waals surface area contributed by atoms with Crippen LogP contribution >= 0.6 is 11.6 Å². The van der Waals surface area contributed by atoms with Gasteiger partial charge < -0.3 is 0 Å². The van der Waals surface area contributed by atoms with E-state index in [0.717, 1.165) is 5.56 Å². The van der Waals surface area contributed by atoms with E-state index in [1.54, 1.807) is 24.5 Å². The lowest BCUT2D eigenvalue weighted by Gasteiger charge is -2.00. The van der Waals surface area contributed by atoms with Crippen molar-refractivity contribution in [2.45, 2.75) is 0 Å². The predicted molar refractivity (Wildman–Crippen MR) is 74.3 cm³/mol. The molecule has 8 heteroatoms. The van der Waals surface area contributed by atoms with Crippen LogP contribution in [0.1, 0.15) is 5.56 Å². The van der Waals surface area contributed by atoms with Gasteiger partial charge in [-0.3, -0.25) is 10.5 Å². The van der Waals surface area contributed by atoms with Gasteiger partial charge in [-0.05, 0) is 29.3 Å². The Balaban J connectivity index is 1.83. The highest BCUT2D eigenvalue weighted by Crippen LogP contribution is 2.19. The van der Waals surface area contributed by atoms with Crippen molar-refractivity contribution in [3.8, 4) is 0 Å². The molecule has 2 aromatic heterocycles. The molecule has 2 N–H and O–H groups in total. The highest BCUT2D eigenvalue weighted by molar-refractivity contribution is 6.28. The molecule has 100 valence electrons. The average Bonchev–Trinajstić information content (AvgIpc) is 2.89. The molecular weight excluding hydrogens is 283 g/mol. The van der Waals surface area contributed by atoms with Crippen molar-refractivity contribution in [2.24, 2.45) is 5.10 Å². The van der Waals surface area contributed by atoms with Crippen LogP contribution in [0.15, 0.2) is 35.6 Å². The maximum atomic E-state index is 12.8. The van der Waals surface area contributed by atoms with Gasteiger partial charge in [0.1, 0.15) is 5.82 Å². The van der Waals surface area contributed by atoms with Crippen molar-refractivity contribution in [3.63, 3.8) is 0 Å². The minimum atomic E-state index is -0.294. The van der Waals surface area contributed by atoms with Crippen LogP contribution in [-0.4, -0.2) is 26.4 Å². The number of H-pyrrole nitrogens is 1. The molecule has 0 amide bonds. The Labute approximate surface area is 117 Å². The molecular formula is C12H8ClFN6. The van der Waals surface area contributed by atoms with Gasteiger partial charge >= 0.3 is 0 Å². The summed E-state index contributed by atoms with van der Waals surface area (Å²) in [6.45, 7) is 0. The zero-order valence-electron chi connectivity index (χ0n) is 10.0. The lowest BCUT2D eigenvalue weighted by atomic mass is 10.2. The van der Waals surface area contributed by atoms with E-state index in [-0.39, 0.29) is 11.1 Å². The van der Waals surface area contributed by atoms with E-state index in [1.807, 2.05) is 0 Å². The number of anilines is 1. The summed E-state index contributed by atoms with van der Waals surface area (Å²) in [6.07, 6.45) is 3.11. The topological polar surface area (TPSA) is 78.9 Å². The summed E-state index contributed by atoms with van der Waals surface area (Å²) in [6, 6.07) is 5.94. The SMILES string of the molecule is Fc1ccc(C=NNc2nc(Cl)nc3[nH]ncc23)cc1. The van der Waals surface area contributed by atoms with Crippen molar-refractivity contribution in [3.05, 3.63) is 47.1 Å². The van der Waals surface area contributed by atoms with Crippen LogP contribution in [0.5, 0.6) is 0 Å². The third-order valence-electron chi connectivity index (χ3n) is 2.54. The fraction of sp³-hybridized carbons (Fsp3) is 0. The Morgan fingerprint density at radius 1 is 1.25 bits per heavy atom. The van der Waals surface area contributed by atoms with E-state index in [2.05, 4.69) is 30.7 Å². The number of halogens is 2. The van der Waals surface area contributed by atoms with Crippen LogP contribution in [0.3, 0.4) is 0 Å². The van der Waals surface area contributed by atoms with E-state index in [4.69, 9.17) is 11.6 Å². The Hall–Kier alpha value is -2.54. The molecule has 0 bridgehead atoms. The lowest BCUT2D eigenvalue weighted by molar-refractivity contribution is 0.628. The largest absolute Gasteiger partial charge is 0.261 e. The van der Waals surface area contributed by atoms with E-state index in [0.29, 0.717) is 16.9 Å². The van der Waals surface area contributed by atoms with Crippen LogP contribution < -0.4 is 5.43 Å². The van der Waals surface area contributed by atoms with Gasteiger partial charge in [0.2, 0.25) is 5.28 Å². The van der Waals surface area contributed by atoms with Crippen LogP contribution in [0.4, 0.5) is 10.2 Å². The molecule has 0 spiro atoms. The van der Waals surface area contributed by atoms with Crippen molar-refractivity contribution in [1.29, 1.82) is 0 Å². The van der Waals surface area contributed by atoms with E-state index in [9.17, 15) is 4.39 Å². The molecule has 0 aliphatic heterocycles. The number of aromatic nitrogens is 4. The highest BCUT2D eigenvalue weighted by Gasteiger charge is 2.07. The Morgan fingerprint density at radius 3 is 2.85 bits per heavy atom. The monoisotopic (exact) mass is 290 g/mol. The van der Waals surface area contributed by atoms with E-state index >= 15 is 0 Å². The molecule has 6 nitrogen and oxygen atoms in total. The zero-order valence-corrected chi connectivity index (χ0v) is 10.8. The first kappa shape index (κ1) is 12.5. The summed E-state index contributed by atoms with van der Waals surface area (Å²) in [7, 11) is 0. The van der Waals surface area contributed by atoms with Crippen molar-refractivity contribution < 1.29 is 4.39 Å². The number of hydrogen-bond acceptors (Lipinski definition) is 5. The van der Waals surface area contributed by atoms with E-state index < -0.39 is 0 Å². The molecule has 0 saturated carbocycles. The second kappa shape index (κ2) is 5.22. The third kappa shape index (κ3) is 2.57. The summed E-state index contributed by atoms with van der Waals surface area (Å²) in [5.74, 6) is 0.143. The van der Waals surface area contributed by atoms with Gasteiger partial charge in [-0.25, -0.2) is 4.39 Å². The second-order valence-corrected chi connectivity index (χ2v) is 4.23. The molecule has 3 rings (SSSR count). The Morgan fingerprint density at radius 2 is 2.05 bits per heavy atom. The summed E-state index contributed by atoms with van der Waals surface area (Å²) in [5, 5.41) is 11.3. The normalized spacial score (nSPS) is 11.3. The summed E-state index contributed by atoms with van der Waals surface area (Å²) < 4.78 is 12.8. The Bertz CT molecular complexity index is 767. The summed E-state index contributed by atoms with van der Waals surface area (Å²) >= 11 is 5.79. The summed E-state index contributed by atoms with van der Waals surface area (Å²) in [5.41, 5.74) is 4.03. The van der Waals surface area contributed by atoms with Gasteiger partial charge in [0.05, 0.1) is 17.8 Å². The van der Waals surface area contributed by atoms with E-state index in [1.165, 1.54) is 12.1 Å². The zero-order chi connectivity index (χ0) is 13.9. The molecule has 0 radical (unpaired) electrons. The number of nitrogens with zero attached hydrogens (tertiary/aromatic N) is 4. The highest BCUT2D eigenvalue weighted by atomic mass is 35.5. The second-order valence-electron chi connectivity index (χ2n) is 3.90. The van der Waals surface area contributed by atoms with Crippen LogP contribution in [0.25, 0.3) is 11.0 Å². The molecule has 0 atom stereocenters.